The zero-order valence-electron chi connectivity index (χ0n) is 10.1. The molecule has 0 saturated heterocycles. The van der Waals surface area contributed by atoms with Crippen LogP contribution in [-0.2, 0) is 7.05 Å². The number of rotatable bonds is 1. The summed E-state index contributed by atoms with van der Waals surface area (Å²) in [6.45, 7) is 0. The van der Waals surface area contributed by atoms with Crippen molar-refractivity contribution in [1.29, 1.82) is 0 Å². The van der Waals surface area contributed by atoms with Gasteiger partial charge in [0.05, 0.1) is 5.02 Å². The highest BCUT2D eigenvalue weighted by atomic mass is 35.5. The number of aryl methyl sites for hydroxylation is 1. The third kappa shape index (κ3) is 1.91. The van der Waals surface area contributed by atoms with Gasteiger partial charge in [0, 0.05) is 12.1 Å². The van der Waals surface area contributed by atoms with Gasteiger partial charge in [-0.05, 0) is 18.2 Å². The molecule has 0 saturated carbocycles. The molecule has 3 rings (SSSR count). The number of aromatic nitrogens is 5. The molecule has 0 bridgehead atoms. The lowest BCUT2D eigenvalue weighted by molar-refractivity contribution is 0.751. The van der Waals surface area contributed by atoms with Gasteiger partial charge in [-0.3, -0.25) is 14.3 Å². The van der Waals surface area contributed by atoms with E-state index in [2.05, 4.69) is 15.2 Å². The van der Waals surface area contributed by atoms with Gasteiger partial charge in [0.2, 0.25) is 0 Å². The minimum atomic E-state index is -0.598. The average molecular weight is 312 g/mol. The predicted molar refractivity (Wildman–Crippen MR) is 74.7 cm³/mol. The highest BCUT2D eigenvalue weighted by Crippen LogP contribution is 2.23. The van der Waals surface area contributed by atoms with Gasteiger partial charge in [-0.15, -0.1) is 15.0 Å². The second-order valence-electron chi connectivity index (χ2n) is 4.08. The van der Waals surface area contributed by atoms with Crippen molar-refractivity contribution in [2.75, 3.05) is 0 Å². The smallest absolute Gasteiger partial charge is 0.278 e. The molecule has 1 N–H and O–H groups in total. The highest BCUT2D eigenvalue weighted by Gasteiger charge is 2.14. The maximum atomic E-state index is 11.7. The number of benzene rings is 1. The molecule has 102 valence electrons. The quantitative estimate of drug-likeness (QED) is 0.729. The summed E-state index contributed by atoms with van der Waals surface area (Å²) in [5.41, 5.74) is -0.474. The summed E-state index contributed by atoms with van der Waals surface area (Å²) in [6.07, 6.45) is 0. The van der Waals surface area contributed by atoms with Crippen LogP contribution in [0.4, 0.5) is 0 Å². The zero-order valence-corrected chi connectivity index (χ0v) is 11.6. The third-order valence-electron chi connectivity index (χ3n) is 2.78. The molecule has 0 fully saturated rings. The van der Waals surface area contributed by atoms with Crippen molar-refractivity contribution in [3.05, 3.63) is 49.1 Å². The molecule has 7 nitrogen and oxygen atoms in total. The van der Waals surface area contributed by atoms with Crippen LogP contribution in [0.2, 0.25) is 10.0 Å². The SMILES string of the molecule is Cn1c(=O)[nH]c(=O)c2nn(-c3ccc(Cl)cc3Cl)nc21. The molecule has 2 heterocycles. The minimum absolute atomic E-state index is 0.0538. The van der Waals surface area contributed by atoms with E-state index in [1.54, 1.807) is 12.1 Å². The van der Waals surface area contributed by atoms with E-state index in [9.17, 15) is 9.59 Å². The number of H-pyrrole nitrogens is 1. The van der Waals surface area contributed by atoms with Gasteiger partial charge in [-0.25, -0.2) is 4.79 Å². The van der Waals surface area contributed by atoms with Crippen molar-refractivity contribution < 1.29 is 0 Å². The topological polar surface area (TPSA) is 85.6 Å². The van der Waals surface area contributed by atoms with Crippen LogP contribution in [0.5, 0.6) is 0 Å². The molecule has 0 aliphatic rings. The molecule has 3 aromatic rings. The first-order chi connectivity index (χ1) is 9.47. The van der Waals surface area contributed by atoms with Gasteiger partial charge in [-0.1, -0.05) is 23.2 Å². The molecule has 20 heavy (non-hydrogen) atoms. The molecule has 0 aliphatic carbocycles. The van der Waals surface area contributed by atoms with E-state index in [-0.39, 0.29) is 11.2 Å². The molecule has 1 aromatic carbocycles. The molecule has 9 heteroatoms. The second kappa shape index (κ2) is 4.46. The standard InChI is InChI=1S/C11H7Cl2N5O2/c1-17-9-8(10(19)14-11(17)20)15-18(16-9)7-3-2-5(12)4-6(7)13/h2-4H,1H3,(H,14,19,20). The van der Waals surface area contributed by atoms with Crippen molar-refractivity contribution >= 4 is 34.4 Å². The fraction of sp³-hybridized carbons (Fsp3) is 0.0909. The fourth-order valence-corrected chi connectivity index (χ4v) is 2.24. The number of aromatic amines is 1. The molecule has 0 aliphatic heterocycles. The Morgan fingerprint density at radius 1 is 1.20 bits per heavy atom. The normalized spacial score (nSPS) is 11.2. The Kier molecular flexibility index (Phi) is 2.88. The number of hydrogen-bond donors (Lipinski definition) is 1. The van der Waals surface area contributed by atoms with E-state index < -0.39 is 11.2 Å². The Morgan fingerprint density at radius 3 is 2.65 bits per heavy atom. The number of nitrogens with one attached hydrogen (secondary N) is 1. The monoisotopic (exact) mass is 311 g/mol. The summed E-state index contributed by atoms with van der Waals surface area (Å²) in [5.74, 6) is 0. The van der Waals surface area contributed by atoms with Gasteiger partial charge in [0.25, 0.3) is 5.56 Å². The van der Waals surface area contributed by atoms with E-state index >= 15 is 0 Å². The summed E-state index contributed by atoms with van der Waals surface area (Å²) in [4.78, 5) is 26.5. The zero-order chi connectivity index (χ0) is 14.4. The van der Waals surface area contributed by atoms with Gasteiger partial charge in [0.1, 0.15) is 5.69 Å². The Labute approximate surface area is 121 Å². The van der Waals surface area contributed by atoms with Gasteiger partial charge in [-0.2, -0.15) is 0 Å². The van der Waals surface area contributed by atoms with Crippen LogP contribution in [-0.4, -0.2) is 24.5 Å². The molecule has 0 atom stereocenters. The Bertz CT molecular complexity index is 940. The second-order valence-corrected chi connectivity index (χ2v) is 4.92. The Hall–Kier alpha value is -2.12. The van der Waals surface area contributed by atoms with Crippen molar-refractivity contribution in [1.82, 2.24) is 24.5 Å². The van der Waals surface area contributed by atoms with E-state index in [1.807, 2.05) is 0 Å². The van der Waals surface area contributed by atoms with Crippen molar-refractivity contribution in [2.24, 2.45) is 7.05 Å². The number of hydrogen-bond acceptors (Lipinski definition) is 4. The lowest BCUT2D eigenvalue weighted by Gasteiger charge is -2.01. The Morgan fingerprint density at radius 2 is 1.95 bits per heavy atom. The lowest BCUT2D eigenvalue weighted by Crippen LogP contribution is -2.28. The van der Waals surface area contributed by atoms with Crippen LogP contribution in [0.25, 0.3) is 16.9 Å². The first-order valence-corrected chi connectivity index (χ1v) is 6.25. The van der Waals surface area contributed by atoms with E-state index in [4.69, 9.17) is 23.2 Å². The van der Waals surface area contributed by atoms with Crippen molar-refractivity contribution in [2.45, 2.75) is 0 Å². The van der Waals surface area contributed by atoms with Gasteiger partial charge in [0.15, 0.2) is 11.2 Å². The molecular formula is C11H7Cl2N5O2. The first-order valence-electron chi connectivity index (χ1n) is 5.49. The van der Waals surface area contributed by atoms with Crippen LogP contribution in [0, 0.1) is 0 Å². The van der Waals surface area contributed by atoms with Crippen LogP contribution in [0.15, 0.2) is 27.8 Å². The van der Waals surface area contributed by atoms with Crippen LogP contribution in [0.3, 0.4) is 0 Å². The number of fused-ring (bicyclic) bond motifs is 1. The largest absolute Gasteiger partial charge is 0.329 e. The fourth-order valence-electron chi connectivity index (χ4n) is 1.76. The summed E-state index contributed by atoms with van der Waals surface area (Å²) in [7, 11) is 1.49. The number of halogens is 2. The maximum absolute atomic E-state index is 11.7. The van der Waals surface area contributed by atoms with E-state index in [0.29, 0.717) is 15.7 Å². The predicted octanol–water partition coefficient (Wildman–Crippen LogP) is 1.11. The highest BCUT2D eigenvalue weighted by molar-refractivity contribution is 6.35. The van der Waals surface area contributed by atoms with E-state index in [0.717, 1.165) is 0 Å². The molecule has 2 aromatic heterocycles. The van der Waals surface area contributed by atoms with Crippen LogP contribution in [0.1, 0.15) is 0 Å². The lowest BCUT2D eigenvalue weighted by atomic mass is 10.3. The average Bonchev–Trinajstić information content (AvgIpc) is 2.81. The molecule has 0 radical (unpaired) electrons. The first kappa shape index (κ1) is 12.9. The maximum Gasteiger partial charge on any atom is 0.329 e. The minimum Gasteiger partial charge on any atom is -0.278 e. The molecular weight excluding hydrogens is 305 g/mol. The summed E-state index contributed by atoms with van der Waals surface area (Å²) >= 11 is 11.9. The number of nitrogens with zero attached hydrogens (tertiary/aromatic N) is 4. The van der Waals surface area contributed by atoms with Crippen LogP contribution < -0.4 is 11.2 Å². The molecule has 0 amide bonds. The van der Waals surface area contributed by atoms with Crippen molar-refractivity contribution in [3.63, 3.8) is 0 Å². The summed E-state index contributed by atoms with van der Waals surface area (Å²) in [5, 5.41) is 8.97. The van der Waals surface area contributed by atoms with Gasteiger partial charge < -0.3 is 0 Å². The molecule has 0 spiro atoms. The summed E-state index contributed by atoms with van der Waals surface area (Å²) < 4.78 is 1.20. The van der Waals surface area contributed by atoms with E-state index in [1.165, 1.54) is 22.5 Å². The van der Waals surface area contributed by atoms with Gasteiger partial charge >= 0.3 is 5.69 Å². The Balaban J connectivity index is 2.34. The van der Waals surface area contributed by atoms with Crippen LogP contribution >= 0.6 is 23.2 Å². The third-order valence-corrected chi connectivity index (χ3v) is 3.32. The van der Waals surface area contributed by atoms with Crippen molar-refractivity contribution in [3.8, 4) is 5.69 Å². The molecule has 0 unspecified atom stereocenters. The summed E-state index contributed by atoms with van der Waals surface area (Å²) in [6, 6.07) is 4.78.